The van der Waals surface area contributed by atoms with Crippen LogP contribution in [0.4, 0.5) is 0 Å². The lowest BCUT2D eigenvalue weighted by Crippen LogP contribution is -2.45. The molecule has 0 aromatic carbocycles. The largest absolute Gasteiger partial charge is 0.466 e. The van der Waals surface area contributed by atoms with Crippen molar-refractivity contribution in [1.29, 1.82) is 0 Å². The van der Waals surface area contributed by atoms with Gasteiger partial charge in [-0.3, -0.25) is 9.59 Å². The zero-order valence-electron chi connectivity index (χ0n) is 43.2. The number of esters is 1. The molecule has 0 saturated heterocycles. The van der Waals surface area contributed by atoms with Crippen molar-refractivity contribution in [3.8, 4) is 0 Å². The van der Waals surface area contributed by atoms with Gasteiger partial charge in [-0.15, -0.1) is 0 Å². The third-order valence-electron chi connectivity index (χ3n) is 12.8. The fourth-order valence-electron chi connectivity index (χ4n) is 8.44. The standard InChI is InChI=1S/C59H109NO5/c1-3-5-7-9-11-13-15-17-18-22-25-28-31-35-39-43-47-51-57(62)56(55-61)60-58(63)52-48-44-40-36-32-29-26-23-20-19-21-24-27-30-34-38-42-46-50-54-65-59(64)53-49-45-41-37-33-16-14-12-10-8-6-4-2/h12,14,24,27,30,34,47,51,56-57,61-62H,3-11,13,15-23,25-26,28-29,31-33,35-46,48-50,52-55H2,1-2H3,(H,60,63)/b14-12-,27-24-,34-30-,51-47+. The minimum Gasteiger partial charge on any atom is -0.466 e. The highest BCUT2D eigenvalue weighted by atomic mass is 16.5. The molecule has 0 heterocycles. The van der Waals surface area contributed by atoms with Crippen LogP contribution in [0.5, 0.6) is 0 Å². The highest BCUT2D eigenvalue weighted by Gasteiger charge is 2.18. The summed E-state index contributed by atoms with van der Waals surface area (Å²) in [6.45, 7) is 4.84. The first kappa shape index (κ1) is 62.8. The van der Waals surface area contributed by atoms with Gasteiger partial charge >= 0.3 is 5.97 Å². The van der Waals surface area contributed by atoms with Gasteiger partial charge in [-0.05, 0) is 89.9 Å². The van der Waals surface area contributed by atoms with Crippen LogP contribution in [-0.4, -0.2) is 47.4 Å². The summed E-state index contributed by atoms with van der Waals surface area (Å²) in [5, 5.41) is 23.1. The smallest absolute Gasteiger partial charge is 0.305 e. The molecule has 0 rings (SSSR count). The van der Waals surface area contributed by atoms with E-state index in [9.17, 15) is 19.8 Å². The maximum atomic E-state index is 12.5. The molecule has 0 radical (unpaired) electrons. The summed E-state index contributed by atoms with van der Waals surface area (Å²) in [7, 11) is 0. The number of rotatable bonds is 52. The molecule has 0 aliphatic heterocycles. The van der Waals surface area contributed by atoms with Crippen LogP contribution in [-0.2, 0) is 14.3 Å². The number of nitrogens with one attached hydrogen (secondary N) is 1. The molecule has 0 aromatic heterocycles. The van der Waals surface area contributed by atoms with Crippen molar-refractivity contribution in [3.63, 3.8) is 0 Å². The molecule has 0 aliphatic carbocycles. The van der Waals surface area contributed by atoms with Gasteiger partial charge in [0.25, 0.3) is 0 Å². The number of aliphatic hydroxyl groups excluding tert-OH is 2. The van der Waals surface area contributed by atoms with E-state index in [-0.39, 0.29) is 18.5 Å². The molecule has 0 spiro atoms. The average molecular weight is 913 g/mol. The van der Waals surface area contributed by atoms with Crippen molar-refractivity contribution in [3.05, 3.63) is 48.6 Å². The Kier molecular flexibility index (Phi) is 52.6. The minimum atomic E-state index is -0.852. The van der Waals surface area contributed by atoms with Gasteiger partial charge in [0, 0.05) is 12.8 Å². The van der Waals surface area contributed by atoms with Gasteiger partial charge in [0.05, 0.1) is 25.4 Å². The van der Waals surface area contributed by atoms with Crippen LogP contribution in [0.15, 0.2) is 48.6 Å². The second kappa shape index (κ2) is 54.4. The van der Waals surface area contributed by atoms with Crippen LogP contribution in [0.25, 0.3) is 0 Å². The number of aliphatic hydroxyl groups is 2. The Morgan fingerprint density at radius 1 is 0.431 bits per heavy atom. The molecule has 2 atom stereocenters. The molecular formula is C59H109NO5. The van der Waals surface area contributed by atoms with E-state index >= 15 is 0 Å². The fourth-order valence-corrected chi connectivity index (χ4v) is 8.44. The van der Waals surface area contributed by atoms with Gasteiger partial charge in [-0.1, -0.05) is 236 Å². The molecule has 65 heavy (non-hydrogen) atoms. The summed E-state index contributed by atoms with van der Waals surface area (Å²) in [4.78, 5) is 24.4. The van der Waals surface area contributed by atoms with Gasteiger partial charge in [0.1, 0.15) is 0 Å². The van der Waals surface area contributed by atoms with Crippen molar-refractivity contribution in [2.24, 2.45) is 0 Å². The van der Waals surface area contributed by atoms with Crippen molar-refractivity contribution in [1.82, 2.24) is 5.32 Å². The topological polar surface area (TPSA) is 95.9 Å². The third kappa shape index (κ3) is 51.1. The molecule has 1 amide bonds. The maximum Gasteiger partial charge on any atom is 0.305 e. The molecule has 0 bridgehead atoms. The molecule has 6 nitrogen and oxygen atoms in total. The van der Waals surface area contributed by atoms with Crippen LogP contribution in [0.3, 0.4) is 0 Å². The Balaban J connectivity index is 3.53. The predicted octanol–water partition coefficient (Wildman–Crippen LogP) is 17.4. The second-order valence-corrected chi connectivity index (χ2v) is 19.3. The summed E-state index contributed by atoms with van der Waals surface area (Å²) in [5.74, 6) is -0.102. The summed E-state index contributed by atoms with van der Waals surface area (Å²) >= 11 is 0. The van der Waals surface area contributed by atoms with Gasteiger partial charge in [-0.2, -0.15) is 0 Å². The number of hydrogen-bond donors (Lipinski definition) is 3. The molecule has 0 fully saturated rings. The normalized spacial score (nSPS) is 13.0. The Morgan fingerprint density at radius 3 is 1.22 bits per heavy atom. The SMILES string of the molecule is CCCCC/C=C\CCCCCCCC(=O)OCCCCC/C=C\C=C/CCCCCCCCCCCCC(=O)NC(CO)C(O)/C=C/CCCCCCCCCCCCCCCCC. The van der Waals surface area contributed by atoms with E-state index in [1.54, 1.807) is 6.08 Å². The first-order valence-electron chi connectivity index (χ1n) is 28.4. The molecule has 0 aromatic rings. The van der Waals surface area contributed by atoms with E-state index in [1.807, 2.05) is 6.08 Å². The van der Waals surface area contributed by atoms with Gasteiger partial charge in [-0.25, -0.2) is 0 Å². The van der Waals surface area contributed by atoms with Gasteiger partial charge < -0.3 is 20.3 Å². The highest BCUT2D eigenvalue weighted by molar-refractivity contribution is 5.76. The van der Waals surface area contributed by atoms with Crippen LogP contribution >= 0.6 is 0 Å². The number of ether oxygens (including phenoxy) is 1. The van der Waals surface area contributed by atoms with Crippen molar-refractivity contribution >= 4 is 11.9 Å². The lowest BCUT2D eigenvalue weighted by Gasteiger charge is -2.20. The molecule has 0 saturated carbocycles. The quantitative estimate of drug-likeness (QED) is 0.0245. The number of hydrogen-bond acceptors (Lipinski definition) is 5. The van der Waals surface area contributed by atoms with E-state index in [2.05, 4.69) is 55.6 Å². The zero-order valence-corrected chi connectivity index (χ0v) is 43.2. The Hall–Kier alpha value is -2.18. The Labute approximate surface area is 404 Å². The lowest BCUT2D eigenvalue weighted by atomic mass is 10.0. The second-order valence-electron chi connectivity index (χ2n) is 19.3. The first-order chi connectivity index (χ1) is 32.0. The van der Waals surface area contributed by atoms with E-state index in [0.29, 0.717) is 19.4 Å². The number of carbonyl (C=O) groups is 2. The Morgan fingerprint density at radius 2 is 0.769 bits per heavy atom. The van der Waals surface area contributed by atoms with Crippen LogP contribution < -0.4 is 5.32 Å². The third-order valence-corrected chi connectivity index (χ3v) is 12.8. The summed E-state index contributed by atoms with van der Waals surface area (Å²) in [6.07, 6.45) is 68.4. The van der Waals surface area contributed by atoms with Crippen molar-refractivity contribution in [2.45, 2.75) is 302 Å². The molecule has 2 unspecified atom stereocenters. The molecule has 380 valence electrons. The van der Waals surface area contributed by atoms with Crippen LogP contribution in [0.2, 0.25) is 0 Å². The molecule has 6 heteroatoms. The van der Waals surface area contributed by atoms with Crippen LogP contribution in [0.1, 0.15) is 290 Å². The molecular weight excluding hydrogens is 803 g/mol. The van der Waals surface area contributed by atoms with Crippen molar-refractivity contribution in [2.75, 3.05) is 13.2 Å². The van der Waals surface area contributed by atoms with Gasteiger partial charge in [0.15, 0.2) is 0 Å². The lowest BCUT2D eigenvalue weighted by molar-refractivity contribution is -0.143. The Bertz CT molecular complexity index is 1100. The molecule has 0 aliphatic rings. The van der Waals surface area contributed by atoms with E-state index in [0.717, 1.165) is 77.0 Å². The summed E-state index contributed by atoms with van der Waals surface area (Å²) in [5.41, 5.74) is 0. The zero-order chi connectivity index (χ0) is 47.2. The monoisotopic (exact) mass is 912 g/mol. The average Bonchev–Trinajstić information content (AvgIpc) is 3.31. The summed E-state index contributed by atoms with van der Waals surface area (Å²) in [6, 6.07) is -0.636. The molecule has 3 N–H and O–H groups in total. The number of unbranched alkanes of at least 4 members (excludes halogenated alkanes) is 36. The van der Waals surface area contributed by atoms with E-state index < -0.39 is 12.1 Å². The fraction of sp³-hybridized carbons (Fsp3) is 0.831. The van der Waals surface area contributed by atoms with Crippen molar-refractivity contribution < 1.29 is 24.5 Å². The first-order valence-corrected chi connectivity index (χ1v) is 28.4. The minimum absolute atomic E-state index is 0.0248. The number of amides is 1. The van der Waals surface area contributed by atoms with E-state index in [1.165, 1.54) is 186 Å². The van der Waals surface area contributed by atoms with Crippen LogP contribution in [0, 0.1) is 0 Å². The maximum absolute atomic E-state index is 12.5. The predicted molar refractivity (Wildman–Crippen MR) is 282 cm³/mol. The highest BCUT2D eigenvalue weighted by Crippen LogP contribution is 2.16. The summed E-state index contributed by atoms with van der Waals surface area (Å²) < 4.78 is 5.43. The number of allylic oxidation sites excluding steroid dienone is 7. The van der Waals surface area contributed by atoms with Gasteiger partial charge in [0.2, 0.25) is 5.91 Å². The number of carbonyl (C=O) groups excluding carboxylic acids is 2. The van der Waals surface area contributed by atoms with E-state index in [4.69, 9.17) is 4.74 Å².